The van der Waals surface area contributed by atoms with E-state index in [9.17, 15) is 5.11 Å². The van der Waals surface area contributed by atoms with Crippen LogP contribution in [0.3, 0.4) is 0 Å². The summed E-state index contributed by atoms with van der Waals surface area (Å²) in [6.07, 6.45) is 10.7. The number of aliphatic hydroxyl groups is 1. The van der Waals surface area contributed by atoms with E-state index in [4.69, 9.17) is 2.74 Å². The van der Waals surface area contributed by atoms with Crippen molar-refractivity contribution in [1.29, 1.82) is 0 Å². The number of fused-ring (bicyclic) bond motifs is 6. The zero-order valence-electron chi connectivity index (χ0n) is 21.9. The van der Waals surface area contributed by atoms with Crippen LogP contribution in [0.15, 0.2) is 11.1 Å². The minimum absolute atomic E-state index is 0.00714. The molecule has 0 heterocycles. The van der Waals surface area contributed by atoms with Crippen LogP contribution in [0.4, 0.5) is 0 Å². The molecule has 5 aliphatic carbocycles. The summed E-state index contributed by atoms with van der Waals surface area (Å²) >= 11 is 0. The summed E-state index contributed by atoms with van der Waals surface area (Å²) in [4.78, 5) is 0. The zero-order chi connectivity index (χ0) is 22.6. The second-order valence-corrected chi connectivity index (χ2v) is 13.2. The highest BCUT2D eigenvalue weighted by Gasteiger charge is 2.67. The van der Waals surface area contributed by atoms with Gasteiger partial charge in [-0.3, -0.25) is 0 Å². The lowest BCUT2D eigenvalue weighted by Gasteiger charge is -2.70. The van der Waals surface area contributed by atoms with Gasteiger partial charge in [0, 0.05) is 2.74 Å². The Bertz CT molecular complexity index is 803. The van der Waals surface area contributed by atoms with Gasteiger partial charge in [-0.1, -0.05) is 59.1 Å². The standard InChI is InChI=1S/C28H46O/c1-24(2)21-12-16-28(6)22(26(21,4)15-13-23(24)29)11-10-20-19-9-7-8-14-25(19,3)17-18-27(20,28)5/h21-23,29H,7-18H2,1-6H3/t21-,22+,23-,25+,26-,27+,28+/m0/s1/i7D,9D/t7?,9-,21+,22-,23+,25-,26+,27-,28-/m1. The van der Waals surface area contributed by atoms with Gasteiger partial charge in [-0.2, -0.15) is 0 Å². The summed E-state index contributed by atoms with van der Waals surface area (Å²) in [7, 11) is 0. The Morgan fingerprint density at radius 3 is 2.34 bits per heavy atom. The number of hydrogen-bond acceptors (Lipinski definition) is 1. The maximum Gasteiger partial charge on any atom is 0.0594 e. The van der Waals surface area contributed by atoms with E-state index in [1.165, 1.54) is 37.7 Å². The molecule has 164 valence electrons. The Labute approximate surface area is 182 Å². The van der Waals surface area contributed by atoms with Gasteiger partial charge in [-0.05, 0) is 109 Å². The van der Waals surface area contributed by atoms with E-state index >= 15 is 0 Å². The average molecular weight is 401 g/mol. The maximum absolute atomic E-state index is 10.9. The molecule has 5 rings (SSSR count). The van der Waals surface area contributed by atoms with E-state index in [1.54, 1.807) is 5.57 Å². The largest absolute Gasteiger partial charge is 0.393 e. The van der Waals surface area contributed by atoms with Gasteiger partial charge in [0.05, 0.1) is 6.10 Å². The molecule has 0 spiro atoms. The van der Waals surface area contributed by atoms with Crippen LogP contribution in [0, 0.1) is 38.9 Å². The Kier molecular flexibility index (Phi) is 3.87. The summed E-state index contributed by atoms with van der Waals surface area (Å²) < 4.78 is 17.6. The lowest BCUT2D eigenvalue weighted by molar-refractivity contribution is -0.204. The van der Waals surface area contributed by atoms with E-state index in [-0.39, 0.29) is 40.6 Å². The minimum Gasteiger partial charge on any atom is -0.393 e. The fraction of sp³-hybridized carbons (Fsp3) is 0.929. The van der Waals surface area contributed by atoms with Crippen molar-refractivity contribution in [3.63, 3.8) is 0 Å². The molecule has 5 aliphatic rings. The first-order chi connectivity index (χ1) is 14.3. The Morgan fingerprint density at radius 2 is 1.59 bits per heavy atom. The predicted molar refractivity (Wildman–Crippen MR) is 122 cm³/mol. The third-order valence-corrected chi connectivity index (χ3v) is 11.9. The number of rotatable bonds is 0. The van der Waals surface area contributed by atoms with Gasteiger partial charge in [-0.25, -0.2) is 0 Å². The fourth-order valence-corrected chi connectivity index (χ4v) is 9.82. The first-order valence-corrected chi connectivity index (χ1v) is 12.6. The average Bonchev–Trinajstić information content (AvgIpc) is 2.69. The summed E-state index contributed by atoms with van der Waals surface area (Å²) in [5.74, 6) is 1.30. The smallest absolute Gasteiger partial charge is 0.0594 e. The van der Waals surface area contributed by atoms with E-state index in [0.29, 0.717) is 17.3 Å². The zero-order valence-corrected chi connectivity index (χ0v) is 19.9. The van der Waals surface area contributed by atoms with Crippen molar-refractivity contribution in [2.24, 2.45) is 38.9 Å². The molecule has 1 heteroatoms. The van der Waals surface area contributed by atoms with Gasteiger partial charge < -0.3 is 5.11 Å². The number of hydrogen-bond donors (Lipinski definition) is 1. The second-order valence-electron chi connectivity index (χ2n) is 13.2. The van der Waals surface area contributed by atoms with Gasteiger partial charge >= 0.3 is 0 Å². The normalized spacial score (nSPS) is 60.2. The highest BCUT2D eigenvalue weighted by molar-refractivity contribution is 5.37. The van der Waals surface area contributed by atoms with Crippen LogP contribution in [0.2, 0.25) is 0 Å². The molecule has 1 nitrogen and oxygen atoms in total. The summed E-state index contributed by atoms with van der Waals surface area (Å²) in [6.45, 7) is 14.8. The van der Waals surface area contributed by atoms with Crippen molar-refractivity contribution in [2.75, 3.05) is 0 Å². The Balaban J connectivity index is 1.61. The SMILES string of the molecule is [2H]C1CC[C@]2(C)CC[C@]3(C)C(=C2[C@@H]1[2H])CC[C@@H]1[C@@]2(C)CC[C@H](O)C(C)(C)[C@@H]2CC[C@]13C. The summed E-state index contributed by atoms with van der Waals surface area (Å²) in [6, 6.07) is 0. The monoisotopic (exact) mass is 400 g/mol. The van der Waals surface area contributed by atoms with E-state index < -0.39 is 0 Å². The first kappa shape index (κ1) is 18.3. The molecular weight excluding hydrogens is 352 g/mol. The van der Waals surface area contributed by atoms with Crippen LogP contribution in [-0.4, -0.2) is 11.2 Å². The lowest BCUT2D eigenvalue weighted by atomic mass is 9.34. The number of aliphatic hydroxyl groups excluding tert-OH is 1. The third kappa shape index (κ3) is 2.43. The molecule has 0 bridgehead atoms. The van der Waals surface area contributed by atoms with Crippen molar-refractivity contribution < 1.29 is 7.85 Å². The number of allylic oxidation sites excluding steroid dienone is 2. The van der Waals surface area contributed by atoms with Crippen LogP contribution >= 0.6 is 0 Å². The van der Waals surface area contributed by atoms with Gasteiger partial charge in [0.2, 0.25) is 0 Å². The first-order valence-electron chi connectivity index (χ1n) is 13.7. The highest BCUT2D eigenvalue weighted by atomic mass is 16.3. The van der Waals surface area contributed by atoms with Crippen LogP contribution < -0.4 is 0 Å². The van der Waals surface area contributed by atoms with Crippen molar-refractivity contribution >= 4 is 0 Å². The van der Waals surface area contributed by atoms with Crippen molar-refractivity contribution in [2.45, 2.75) is 125 Å². The van der Waals surface area contributed by atoms with Crippen molar-refractivity contribution in [1.82, 2.24) is 0 Å². The topological polar surface area (TPSA) is 20.2 Å². The lowest BCUT2D eigenvalue weighted by Crippen LogP contribution is -2.63. The summed E-state index contributed by atoms with van der Waals surface area (Å²) in [5.41, 5.74) is 3.95. The molecule has 29 heavy (non-hydrogen) atoms. The molecule has 0 aromatic carbocycles. The summed E-state index contributed by atoms with van der Waals surface area (Å²) in [5, 5.41) is 10.9. The molecule has 0 aromatic heterocycles. The maximum atomic E-state index is 10.9. The van der Waals surface area contributed by atoms with E-state index in [0.717, 1.165) is 32.1 Å². The quantitative estimate of drug-likeness (QED) is 0.413. The van der Waals surface area contributed by atoms with Gasteiger partial charge in [-0.15, -0.1) is 0 Å². The van der Waals surface area contributed by atoms with Gasteiger partial charge in [0.15, 0.2) is 0 Å². The molecule has 0 saturated heterocycles. The van der Waals surface area contributed by atoms with Crippen LogP contribution in [0.25, 0.3) is 0 Å². The third-order valence-electron chi connectivity index (χ3n) is 11.9. The van der Waals surface area contributed by atoms with Gasteiger partial charge in [0.1, 0.15) is 0 Å². The fourth-order valence-electron chi connectivity index (χ4n) is 9.82. The predicted octanol–water partition coefficient (Wildman–Crippen LogP) is 7.68. The molecular formula is C28H46O. The van der Waals surface area contributed by atoms with Gasteiger partial charge in [0.25, 0.3) is 0 Å². The molecule has 0 amide bonds. The molecule has 1 unspecified atom stereocenters. The molecule has 0 aromatic rings. The van der Waals surface area contributed by atoms with Crippen molar-refractivity contribution in [3.8, 4) is 0 Å². The molecule has 1 N–H and O–H groups in total. The molecule has 4 saturated carbocycles. The van der Waals surface area contributed by atoms with Crippen LogP contribution in [0.5, 0.6) is 0 Å². The molecule has 9 atom stereocenters. The van der Waals surface area contributed by atoms with E-state index in [1.807, 2.05) is 0 Å². The Morgan fingerprint density at radius 1 is 0.828 bits per heavy atom. The van der Waals surface area contributed by atoms with E-state index in [2.05, 4.69) is 41.5 Å². The van der Waals surface area contributed by atoms with Crippen LogP contribution in [-0.2, 0) is 0 Å². The molecule has 0 radical (unpaired) electrons. The second kappa shape index (κ2) is 6.14. The van der Waals surface area contributed by atoms with Crippen molar-refractivity contribution in [3.05, 3.63) is 11.1 Å². The molecule has 0 aliphatic heterocycles. The Hall–Kier alpha value is -0.300. The highest BCUT2D eigenvalue weighted by Crippen LogP contribution is 2.75. The molecule has 4 fully saturated rings. The minimum atomic E-state index is -0.316. The van der Waals surface area contributed by atoms with Crippen LogP contribution in [0.1, 0.15) is 121 Å².